The number of fused-ring (bicyclic) bond motifs is 6. The fraction of sp³-hybridized carbons (Fsp3) is 0.536. The molecule has 0 radical (unpaired) electrons. The molecule has 4 aromatic rings. The number of aromatic nitrogens is 2. The van der Waals surface area contributed by atoms with Gasteiger partial charge in [-0.05, 0) is 105 Å². The number of ether oxygens (including phenoxy) is 2. The van der Waals surface area contributed by atoms with Crippen LogP contribution in [-0.2, 0) is 52.8 Å². The van der Waals surface area contributed by atoms with E-state index in [4.69, 9.17) is 14.5 Å². The van der Waals surface area contributed by atoms with Crippen molar-refractivity contribution in [3.05, 3.63) is 77.6 Å². The average molecular weight is 1010 g/mol. The summed E-state index contributed by atoms with van der Waals surface area (Å²) in [5, 5.41) is 5.50. The number of carbonyl (C=O) groups excluding carboxylic acids is 5. The molecule has 0 spiro atoms. The first kappa shape index (κ1) is 53.1. The second kappa shape index (κ2) is 21.7. The molecule has 0 aliphatic carbocycles. The maximum atomic E-state index is 14.8. The Morgan fingerprint density at radius 1 is 1.04 bits per heavy atom. The lowest BCUT2D eigenvalue weighted by atomic mass is 9.84. The van der Waals surface area contributed by atoms with Gasteiger partial charge in [0.2, 0.25) is 11.8 Å². The molecule has 2 N–H and O–H groups in total. The van der Waals surface area contributed by atoms with Crippen LogP contribution in [-0.4, -0.2) is 143 Å². The number of amides is 4. The van der Waals surface area contributed by atoms with Crippen LogP contribution >= 0.6 is 0 Å². The third-order valence-electron chi connectivity index (χ3n) is 15.0. The van der Waals surface area contributed by atoms with Gasteiger partial charge in [-0.3, -0.25) is 38.9 Å². The van der Waals surface area contributed by atoms with Gasteiger partial charge in [0.25, 0.3) is 17.7 Å². The first-order chi connectivity index (χ1) is 34.7. The van der Waals surface area contributed by atoms with Gasteiger partial charge in [-0.15, -0.1) is 0 Å². The molecule has 2 aromatic carbocycles. The van der Waals surface area contributed by atoms with E-state index in [-0.39, 0.29) is 50.6 Å². The number of cyclic esters (lactones) is 1. The van der Waals surface area contributed by atoms with Gasteiger partial charge in [-0.1, -0.05) is 63.9 Å². The number of methoxy groups -OCH3 is 1. The molecule has 15 nitrogen and oxygen atoms in total. The SMILES string of the molecule is CCn1c(-c2cccnc2[C@H](C)OC)c2c3cc(ccc31)-c1cccc(c1)C[C@H](NC(=O)[C@H](C(C)C)N(C)C(=O)[C@H]1CCN(C(=O)C#C[C@@H]3CC(F)(F)CN3C)C1)C(=O)N1CCC[C@H](N1)C(=O)OCC(C)(C)C2. The van der Waals surface area contributed by atoms with Crippen LogP contribution in [0.4, 0.5) is 8.78 Å². The Labute approximate surface area is 427 Å². The standard InChI is InChI=1S/C56H70F2N8O7/c1-10-65-46-20-18-38-28-42(46)43(50(65)41-16-12-23-59-48(41)35(4)72-9)30-55(5,6)33-73-54(71)44-17-13-24-66(61-44)53(70)45(27-36-14-11-15-37(38)26-36)60-51(68)49(34(2)3)63(8)52(69)39-22-25-64(31-39)47(67)21-19-40-29-56(57,58)32-62(40)7/h11-12,14-16,18,20,23,26,28,34-35,39-40,44-45,49,61H,10,13,17,22,24-25,27,29-33H2,1-9H3,(H,60,68)/t35-,39-,40+,44-,45-,49-/m0/s1. The van der Waals surface area contributed by atoms with E-state index < -0.39 is 78.1 Å². The number of alkyl halides is 2. The lowest BCUT2D eigenvalue weighted by molar-refractivity contribution is -0.155. The Bertz CT molecular complexity index is 2820. The van der Waals surface area contributed by atoms with Gasteiger partial charge < -0.3 is 29.2 Å². The van der Waals surface area contributed by atoms with Crippen molar-refractivity contribution >= 4 is 40.5 Å². The van der Waals surface area contributed by atoms with Crippen molar-refractivity contribution in [3.63, 3.8) is 0 Å². The van der Waals surface area contributed by atoms with Crippen molar-refractivity contribution in [2.75, 3.05) is 54.0 Å². The highest BCUT2D eigenvalue weighted by Crippen LogP contribution is 2.42. The summed E-state index contributed by atoms with van der Waals surface area (Å²) in [6.07, 6.45) is 3.02. The number of benzene rings is 2. The minimum Gasteiger partial charge on any atom is -0.464 e. The minimum absolute atomic E-state index is 0.0674. The molecule has 0 unspecified atom stereocenters. The highest BCUT2D eigenvalue weighted by atomic mass is 19.3. The second-order valence-corrected chi connectivity index (χ2v) is 21.5. The smallest absolute Gasteiger partial charge is 0.324 e. The maximum Gasteiger partial charge on any atom is 0.324 e. The Morgan fingerprint density at radius 2 is 1.81 bits per heavy atom. The summed E-state index contributed by atoms with van der Waals surface area (Å²) < 4.78 is 42.1. The fourth-order valence-electron chi connectivity index (χ4n) is 11.1. The van der Waals surface area contributed by atoms with E-state index in [0.29, 0.717) is 32.2 Å². The number of nitrogens with one attached hydrogen (secondary N) is 2. The fourth-order valence-corrected chi connectivity index (χ4v) is 11.1. The Kier molecular flexibility index (Phi) is 15.8. The number of hydrazine groups is 1. The van der Waals surface area contributed by atoms with Crippen LogP contribution < -0.4 is 10.7 Å². The molecule has 390 valence electrons. The number of likely N-dealkylation sites (tertiary alicyclic amines) is 2. The van der Waals surface area contributed by atoms with Crippen LogP contribution in [0.3, 0.4) is 0 Å². The van der Waals surface area contributed by atoms with Crippen molar-refractivity contribution in [2.45, 2.75) is 123 Å². The number of hydrogen-bond acceptors (Lipinski definition) is 10. The zero-order valence-corrected chi connectivity index (χ0v) is 43.6. The van der Waals surface area contributed by atoms with E-state index in [1.807, 2.05) is 51.1 Å². The highest BCUT2D eigenvalue weighted by Gasteiger charge is 2.44. The number of carbonyl (C=O) groups is 5. The molecule has 73 heavy (non-hydrogen) atoms. The summed E-state index contributed by atoms with van der Waals surface area (Å²) in [6.45, 7) is 12.9. The highest BCUT2D eigenvalue weighted by molar-refractivity contribution is 5.97. The average Bonchev–Trinajstić information content (AvgIpc) is 4.06. The van der Waals surface area contributed by atoms with Crippen molar-refractivity contribution in [1.82, 2.24) is 40.0 Å². The van der Waals surface area contributed by atoms with Crippen LogP contribution in [0.1, 0.15) is 90.2 Å². The van der Waals surface area contributed by atoms with Gasteiger partial charge in [0.1, 0.15) is 18.1 Å². The largest absolute Gasteiger partial charge is 0.464 e. The molecule has 3 saturated heterocycles. The van der Waals surface area contributed by atoms with Crippen LogP contribution in [0.2, 0.25) is 0 Å². The number of nitrogens with zero attached hydrogens (tertiary/aromatic N) is 6. The molecule has 2 aromatic heterocycles. The van der Waals surface area contributed by atoms with E-state index in [1.165, 1.54) is 19.7 Å². The molecule has 3 fully saturated rings. The van der Waals surface area contributed by atoms with Gasteiger partial charge >= 0.3 is 5.97 Å². The third kappa shape index (κ3) is 11.5. The van der Waals surface area contributed by atoms with E-state index in [9.17, 15) is 32.8 Å². The van der Waals surface area contributed by atoms with Crippen molar-refractivity contribution in [3.8, 4) is 34.2 Å². The Hall–Kier alpha value is -6.22. The first-order valence-corrected chi connectivity index (χ1v) is 25.6. The predicted molar refractivity (Wildman–Crippen MR) is 273 cm³/mol. The Balaban J connectivity index is 1.10. The number of pyridine rings is 1. The van der Waals surface area contributed by atoms with E-state index >= 15 is 0 Å². The monoisotopic (exact) mass is 1000 g/mol. The van der Waals surface area contributed by atoms with Crippen molar-refractivity contribution in [2.24, 2.45) is 17.3 Å². The molecule has 17 heteroatoms. The molecule has 4 aliphatic heterocycles. The zero-order valence-electron chi connectivity index (χ0n) is 43.6. The number of halogens is 2. The molecule has 6 bridgehead atoms. The maximum absolute atomic E-state index is 14.8. The van der Waals surface area contributed by atoms with Crippen LogP contribution in [0, 0.1) is 29.1 Å². The van der Waals surface area contributed by atoms with Gasteiger partial charge in [-0.25, -0.2) is 14.2 Å². The molecule has 6 atom stereocenters. The number of rotatable bonds is 9. The summed E-state index contributed by atoms with van der Waals surface area (Å²) in [4.78, 5) is 79.8. The quantitative estimate of drug-likeness (QED) is 0.142. The number of esters is 1. The number of aryl methyl sites for hydroxylation is 1. The molecule has 6 heterocycles. The molecular weight excluding hydrogens is 935 g/mol. The second-order valence-electron chi connectivity index (χ2n) is 21.5. The van der Waals surface area contributed by atoms with Gasteiger partial charge in [0.05, 0.1) is 42.6 Å². The first-order valence-electron chi connectivity index (χ1n) is 25.6. The summed E-state index contributed by atoms with van der Waals surface area (Å²) >= 11 is 0. The summed E-state index contributed by atoms with van der Waals surface area (Å²) in [5.41, 5.74) is 10.2. The van der Waals surface area contributed by atoms with E-state index in [2.05, 4.69) is 72.2 Å². The van der Waals surface area contributed by atoms with E-state index in [1.54, 1.807) is 27.4 Å². The lowest BCUT2D eigenvalue weighted by Gasteiger charge is -2.37. The molecule has 4 amide bonds. The van der Waals surface area contributed by atoms with Crippen LogP contribution in [0.25, 0.3) is 33.3 Å². The zero-order chi connectivity index (χ0) is 52.5. The normalized spacial score (nSPS) is 23.1. The van der Waals surface area contributed by atoms with Crippen LogP contribution in [0.5, 0.6) is 0 Å². The summed E-state index contributed by atoms with van der Waals surface area (Å²) in [6, 6.07) is 14.7. The number of hydrogen-bond donors (Lipinski definition) is 2. The van der Waals surface area contributed by atoms with Gasteiger partial charge in [0, 0.05) is 81.3 Å². The summed E-state index contributed by atoms with van der Waals surface area (Å²) in [5.74, 6) is -1.00. The van der Waals surface area contributed by atoms with Crippen LogP contribution in [0.15, 0.2) is 60.8 Å². The third-order valence-corrected chi connectivity index (χ3v) is 15.0. The summed E-state index contributed by atoms with van der Waals surface area (Å²) in [7, 11) is 4.78. The predicted octanol–water partition coefficient (Wildman–Crippen LogP) is 6.42. The van der Waals surface area contributed by atoms with Crippen molar-refractivity contribution < 1.29 is 42.2 Å². The lowest BCUT2D eigenvalue weighted by Crippen LogP contribution is -2.62. The van der Waals surface area contributed by atoms with Gasteiger partial charge in [0.15, 0.2) is 0 Å². The molecule has 0 saturated carbocycles. The number of likely N-dealkylation sites (N-methyl/N-ethyl adjacent to an activating group) is 1. The van der Waals surface area contributed by atoms with E-state index in [0.717, 1.165) is 50.1 Å². The molecule has 8 rings (SSSR count). The topological polar surface area (TPSA) is 159 Å². The Morgan fingerprint density at radius 3 is 2.52 bits per heavy atom. The minimum atomic E-state index is -2.87. The van der Waals surface area contributed by atoms with Crippen molar-refractivity contribution in [1.29, 1.82) is 0 Å². The van der Waals surface area contributed by atoms with Gasteiger partial charge in [-0.2, -0.15) is 0 Å². The molecule has 4 aliphatic rings. The molecular formula is C56H70F2N8O7.